The lowest BCUT2D eigenvalue weighted by atomic mass is 9.73. The van der Waals surface area contributed by atoms with Crippen LogP contribution in [0.4, 0.5) is 0 Å². The van der Waals surface area contributed by atoms with Crippen molar-refractivity contribution in [3.63, 3.8) is 0 Å². The number of hydrazone groups is 1. The Morgan fingerprint density at radius 2 is 1.64 bits per heavy atom. The van der Waals surface area contributed by atoms with Gasteiger partial charge in [-0.2, -0.15) is 5.10 Å². The molecule has 5 rings (SSSR count). The summed E-state index contributed by atoms with van der Waals surface area (Å²) in [7, 11) is 3.25. The zero-order valence-electron chi connectivity index (χ0n) is 22.8. The topological polar surface area (TPSA) is 97.5 Å². The molecule has 2 heterocycles. The summed E-state index contributed by atoms with van der Waals surface area (Å²) in [5.41, 5.74) is 9.27. The van der Waals surface area contributed by atoms with E-state index >= 15 is 0 Å². The van der Waals surface area contributed by atoms with E-state index in [9.17, 15) is 9.59 Å². The molecular formula is C30H39ClN4O4. The number of carbonyl (C=O) groups excluding carboxylic acids is 2. The van der Waals surface area contributed by atoms with Gasteiger partial charge in [-0.1, -0.05) is 43.2 Å². The highest BCUT2D eigenvalue weighted by Crippen LogP contribution is 2.40. The SMILES string of the molecule is COc1ccc(C2=NN(C3CCN(C(=O)[C@@H](N)Cc4ccccc4)CC3)C(=O)[C@@H]3CCCC[C@@H]23)cc1OC.Cl. The highest BCUT2D eigenvalue weighted by molar-refractivity contribution is 6.07. The predicted molar refractivity (Wildman–Crippen MR) is 153 cm³/mol. The lowest BCUT2D eigenvalue weighted by molar-refractivity contribution is -0.143. The summed E-state index contributed by atoms with van der Waals surface area (Å²) < 4.78 is 11.0. The molecule has 2 aliphatic heterocycles. The van der Waals surface area contributed by atoms with Crippen LogP contribution >= 0.6 is 12.4 Å². The van der Waals surface area contributed by atoms with Gasteiger partial charge in [0, 0.05) is 30.5 Å². The Kier molecular flexibility index (Phi) is 9.51. The number of hydrogen-bond acceptors (Lipinski definition) is 6. The van der Waals surface area contributed by atoms with Crippen molar-refractivity contribution in [2.45, 2.75) is 57.0 Å². The van der Waals surface area contributed by atoms with E-state index in [2.05, 4.69) is 0 Å². The number of rotatable bonds is 7. The van der Waals surface area contributed by atoms with Gasteiger partial charge in [0.05, 0.1) is 32.0 Å². The number of nitrogens with two attached hydrogens (primary N) is 1. The van der Waals surface area contributed by atoms with Crippen molar-refractivity contribution < 1.29 is 19.1 Å². The Morgan fingerprint density at radius 1 is 0.974 bits per heavy atom. The molecule has 1 aliphatic carbocycles. The van der Waals surface area contributed by atoms with E-state index < -0.39 is 6.04 Å². The fourth-order valence-corrected chi connectivity index (χ4v) is 6.21. The molecule has 0 aromatic heterocycles. The molecular weight excluding hydrogens is 516 g/mol. The highest BCUT2D eigenvalue weighted by atomic mass is 35.5. The van der Waals surface area contributed by atoms with E-state index in [1.807, 2.05) is 53.4 Å². The van der Waals surface area contributed by atoms with Crippen molar-refractivity contribution in [1.29, 1.82) is 0 Å². The highest BCUT2D eigenvalue weighted by Gasteiger charge is 2.44. The summed E-state index contributed by atoms with van der Waals surface area (Å²) in [5.74, 6) is 1.49. The molecule has 2 aromatic rings. The maximum atomic E-state index is 13.7. The smallest absolute Gasteiger partial charge is 0.246 e. The molecule has 3 atom stereocenters. The van der Waals surface area contributed by atoms with Crippen molar-refractivity contribution in [2.24, 2.45) is 22.7 Å². The minimum atomic E-state index is -0.566. The fourth-order valence-electron chi connectivity index (χ4n) is 6.21. The normalized spacial score (nSPS) is 22.3. The average Bonchev–Trinajstić information content (AvgIpc) is 2.97. The van der Waals surface area contributed by atoms with Crippen molar-refractivity contribution in [3.8, 4) is 11.5 Å². The van der Waals surface area contributed by atoms with Gasteiger partial charge in [0.15, 0.2) is 11.5 Å². The van der Waals surface area contributed by atoms with Gasteiger partial charge in [0.25, 0.3) is 0 Å². The molecule has 0 bridgehead atoms. The molecule has 39 heavy (non-hydrogen) atoms. The van der Waals surface area contributed by atoms with Crippen LogP contribution in [0.3, 0.4) is 0 Å². The van der Waals surface area contributed by atoms with Gasteiger partial charge < -0.3 is 20.1 Å². The molecule has 3 aliphatic rings. The first-order valence-corrected chi connectivity index (χ1v) is 13.7. The van der Waals surface area contributed by atoms with Crippen LogP contribution in [-0.2, 0) is 16.0 Å². The van der Waals surface area contributed by atoms with Crippen LogP contribution in [0, 0.1) is 11.8 Å². The van der Waals surface area contributed by atoms with Crippen LogP contribution in [-0.4, -0.2) is 66.8 Å². The molecule has 2 fully saturated rings. The van der Waals surface area contributed by atoms with Gasteiger partial charge in [0.2, 0.25) is 11.8 Å². The Labute approximate surface area is 236 Å². The van der Waals surface area contributed by atoms with Gasteiger partial charge in [-0.3, -0.25) is 9.59 Å². The van der Waals surface area contributed by atoms with Crippen molar-refractivity contribution in [3.05, 3.63) is 59.7 Å². The number of carbonyl (C=O) groups is 2. The van der Waals surface area contributed by atoms with Crippen LogP contribution in [0.2, 0.25) is 0 Å². The second-order valence-electron chi connectivity index (χ2n) is 10.6. The maximum absolute atomic E-state index is 13.7. The minimum Gasteiger partial charge on any atom is -0.493 e. The molecule has 0 spiro atoms. The van der Waals surface area contributed by atoms with Gasteiger partial charge in [-0.25, -0.2) is 5.01 Å². The Balaban J connectivity index is 0.00000353. The quantitative estimate of drug-likeness (QED) is 0.557. The Hall–Kier alpha value is -3.10. The molecule has 0 radical (unpaired) electrons. The van der Waals surface area contributed by atoms with Gasteiger partial charge in [-0.15, -0.1) is 12.4 Å². The molecule has 210 valence electrons. The van der Waals surface area contributed by atoms with Crippen LogP contribution in [0.5, 0.6) is 11.5 Å². The van der Waals surface area contributed by atoms with E-state index in [0.29, 0.717) is 43.9 Å². The zero-order chi connectivity index (χ0) is 26.6. The lowest BCUT2D eigenvalue weighted by Crippen LogP contribution is -2.54. The standard InChI is InChI=1S/C30H38N4O4.ClH/c1-37-26-13-12-21(19-27(26)38-2)28-23-10-6-7-11-24(23)29(35)34(32-28)22-14-16-33(17-15-22)30(36)25(31)18-20-8-4-3-5-9-20;/h3-5,8-9,12-13,19,22-25H,6-7,10-11,14-18,31H2,1-2H3;1H/t23-,24-,25+;/m1./s1. The number of benzene rings is 2. The minimum absolute atomic E-state index is 0. The van der Waals surface area contributed by atoms with E-state index in [0.717, 1.165) is 42.5 Å². The number of halogens is 1. The van der Waals surface area contributed by atoms with Crippen molar-refractivity contribution >= 4 is 29.9 Å². The number of ether oxygens (including phenoxy) is 2. The Morgan fingerprint density at radius 3 is 2.31 bits per heavy atom. The van der Waals surface area contributed by atoms with E-state index in [4.69, 9.17) is 20.3 Å². The fraction of sp³-hybridized carbons (Fsp3) is 0.500. The largest absolute Gasteiger partial charge is 0.493 e. The first-order valence-electron chi connectivity index (χ1n) is 13.7. The van der Waals surface area contributed by atoms with Crippen LogP contribution in [0.1, 0.15) is 49.7 Å². The third-order valence-corrected chi connectivity index (χ3v) is 8.29. The molecule has 8 nitrogen and oxygen atoms in total. The number of methoxy groups -OCH3 is 2. The number of nitrogens with zero attached hydrogens (tertiary/aromatic N) is 3. The van der Waals surface area contributed by atoms with Crippen LogP contribution in [0.25, 0.3) is 0 Å². The van der Waals surface area contributed by atoms with E-state index in [1.54, 1.807) is 19.2 Å². The number of amides is 2. The summed E-state index contributed by atoms with van der Waals surface area (Å²) in [6.45, 7) is 1.15. The van der Waals surface area contributed by atoms with E-state index in [1.165, 1.54) is 0 Å². The number of likely N-dealkylation sites (tertiary alicyclic amines) is 1. The summed E-state index contributed by atoms with van der Waals surface area (Å²) in [6.07, 6.45) is 5.91. The summed E-state index contributed by atoms with van der Waals surface area (Å²) in [5, 5.41) is 6.75. The summed E-state index contributed by atoms with van der Waals surface area (Å²) in [4.78, 5) is 28.6. The van der Waals surface area contributed by atoms with Gasteiger partial charge in [-0.05, 0) is 55.9 Å². The monoisotopic (exact) mass is 554 g/mol. The molecule has 1 saturated heterocycles. The molecule has 9 heteroatoms. The average molecular weight is 555 g/mol. The van der Waals surface area contributed by atoms with Gasteiger partial charge in [0.1, 0.15) is 0 Å². The van der Waals surface area contributed by atoms with E-state index in [-0.39, 0.29) is 42.1 Å². The second-order valence-corrected chi connectivity index (χ2v) is 10.6. The second kappa shape index (κ2) is 12.8. The third-order valence-electron chi connectivity index (χ3n) is 8.29. The molecule has 2 N–H and O–H groups in total. The number of piperidine rings is 1. The Bertz CT molecular complexity index is 1180. The predicted octanol–water partition coefficient (Wildman–Crippen LogP) is 4.04. The number of hydrogen-bond donors (Lipinski definition) is 1. The van der Waals surface area contributed by atoms with Crippen molar-refractivity contribution in [2.75, 3.05) is 27.3 Å². The van der Waals surface area contributed by atoms with Gasteiger partial charge >= 0.3 is 0 Å². The molecule has 2 aromatic carbocycles. The van der Waals surface area contributed by atoms with Crippen LogP contribution in [0.15, 0.2) is 53.6 Å². The first kappa shape index (κ1) is 28.9. The molecule has 2 amide bonds. The molecule has 0 unspecified atom stereocenters. The lowest BCUT2D eigenvalue weighted by Gasteiger charge is -2.43. The molecule has 1 saturated carbocycles. The number of fused-ring (bicyclic) bond motifs is 1. The van der Waals surface area contributed by atoms with Crippen LogP contribution < -0.4 is 15.2 Å². The van der Waals surface area contributed by atoms with Crippen molar-refractivity contribution in [1.82, 2.24) is 9.91 Å². The first-order chi connectivity index (χ1) is 18.5. The summed E-state index contributed by atoms with van der Waals surface area (Å²) >= 11 is 0. The maximum Gasteiger partial charge on any atom is 0.246 e. The zero-order valence-corrected chi connectivity index (χ0v) is 23.6. The summed E-state index contributed by atoms with van der Waals surface area (Å²) in [6, 6.07) is 15.1. The third kappa shape index (κ3) is 6.07.